The van der Waals surface area contributed by atoms with Crippen LogP contribution in [0.2, 0.25) is 0 Å². The van der Waals surface area contributed by atoms with E-state index in [4.69, 9.17) is 11.6 Å². The molecule has 0 fully saturated rings. The molecule has 1 aromatic carbocycles. The summed E-state index contributed by atoms with van der Waals surface area (Å²) in [4.78, 5) is 4.48. The summed E-state index contributed by atoms with van der Waals surface area (Å²) in [5.74, 6) is 0.767. The number of fused-ring (bicyclic) bond motifs is 1. The highest BCUT2D eigenvalue weighted by molar-refractivity contribution is 9.10. The number of aromatic nitrogens is 2. The van der Waals surface area contributed by atoms with Gasteiger partial charge in [0.1, 0.15) is 11.6 Å². The maximum Gasteiger partial charge on any atom is 0.139 e. The van der Waals surface area contributed by atoms with Gasteiger partial charge >= 0.3 is 0 Å². The van der Waals surface area contributed by atoms with E-state index in [1.165, 1.54) is 17.2 Å². The highest BCUT2D eigenvalue weighted by Crippen LogP contribution is 2.26. The van der Waals surface area contributed by atoms with Gasteiger partial charge in [-0.05, 0) is 50.8 Å². The fourth-order valence-electron chi connectivity index (χ4n) is 2.17. The van der Waals surface area contributed by atoms with Crippen molar-refractivity contribution in [2.24, 2.45) is 0 Å². The van der Waals surface area contributed by atoms with Gasteiger partial charge in [0.15, 0.2) is 0 Å². The second kappa shape index (κ2) is 5.47. The number of aryl methyl sites for hydroxylation is 1. The first-order chi connectivity index (χ1) is 9.60. The Bertz CT molecular complexity index is 781. The molecule has 0 atom stereocenters. The van der Waals surface area contributed by atoms with Crippen molar-refractivity contribution in [3.05, 3.63) is 50.1 Å². The van der Waals surface area contributed by atoms with Crippen molar-refractivity contribution < 1.29 is 4.39 Å². The number of rotatable bonds is 3. The first-order valence-electron chi connectivity index (χ1n) is 6.02. The van der Waals surface area contributed by atoms with Gasteiger partial charge in [0.25, 0.3) is 0 Å². The van der Waals surface area contributed by atoms with E-state index < -0.39 is 0 Å². The standard InChI is InChI=1S/C14H11BrClFN2S/c1-8-6-20-7-9(8)5-19-13-3-11(17)10(15)2-12(13)18-14(19)4-16/h2-3,6-7H,4-5H2,1H3. The Morgan fingerprint density at radius 3 is 2.85 bits per heavy atom. The lowest BCUT2D eigenvalue weighted by atomic mass is 10.2. The molecule has 0 aliphatic carbocycles. The Hall–Kier alpha value is -0.910. The van der Waals surface area contributed by atoms with Crippen molar-refractivity contribution in [2.75, 3.05) is 0 Å². The molecular weight excluding hydrogens is 363 g/mol. The molecule has 3 aromatic rings. The third-order valence-corrected chi connectivity index (χ3v) is 5.04. The monoisotopic (exact) mass is 372 g/mol. The molecule has 0 radical (unpaired) electrons. The molecule has 0 spiro atoms. The summed E-state index contributed by atoms with van der Waals surface area (Å²) in [6.07, 6.45) is 0. The van der Waals surface area contributed by atoms with Gasteiger partial charge < -0.3 is 4.57 Å². The van der Waals surface area contributed by atoms with Gasteiger partial charge in [-0.1, -0.05) is 0 Å². The van der Waals surface area contributed by atoms with Crippen LogP contribution in [0.15, 0.2) is 27.4 Å². The zero-order valence-electron chi connectivity index (χ0n) is 10.7. The third kappa shape index (κ3) is 2.38. The van der Waals surface area contributed by atoms with Crippen molar-refractivity contribution in [3.8, 4) is 0 Å². The Balaban J connectivity index is 2.17. The highest BCUT2D eigenvalue weighted by Gasteiger charge is 2.14. The Morgan fingerprint density at radius 1 is 1.40 bits per heavy atom. The van der Waals surface area contributed by atoms with E-state index in [2.05, 4.69) is 38.6 Å². The lowest BCUT2D eigenvalue weighted by Gasteiger charge is -2.08. The van der Waals surface area contributed by atoms with Crippen molar-refractivity contribution in [2.45, 2.75) is 19.3 Å². The minimum atomic E-state index is -0.290. The minimum Gasteiger partial charge on any atom is -0.322 e. The van der Waals surface area contributed by atoms with Crippen LogP contribution in [0.25, 0.3) is 11.0 Å². The fraction of sp³-hybridized carbons (Fsp3) is 0.214. The summed E-state index contributed by atoms with van der Waals surface area (Å²) in [7, 11) is 0. The van der Waals surface area contributed by atoms with Crippen LogP contribution in [-0.4, -0.2) is 9.55 Å². The third-order valence-electron chi connectivity index (χ3n) is 3.28. The molecule has 0 saturated heterocycles. The predicted octanol–water partition coefficient (Wildman–Crippen LogP) is 5.09. The summed E-state index contributed by atoms with van der Waals surface area (Å²) >= 11 is 10.8. The van der Waals surface area contributed by atoms with E-state index in [0.29, 0.717) is 16.9 Å². The molecule has 3 rings (SSSR count). The van der Waals surface area contributed by atoms with Gasteiger partial charge in [0.05, 0.1) is 27.9 Å². The van der Waals surface area contributed by atoms with Crippen LogP contribution in [0.5, 0.6) is 0 Å². The van der Waals surface area contributed by atoms with Crippen LogP contribution < -0.4 is 0 Å². The fourth-order valence-corrected chi connectivity index (χ4v) is 3.55. The highest BCUT2D eigenvalue weighted by atomic mass is 79.9. The Kier molecular flexibility index (Phi) is 3.84. The van der Waals surface area contributed by atoms with E-state index in [-0.39, 0.29) is 5.82 Å². The van der Waals surface area contributed by atoms with Crippen molar-refractivity contribution >= 4 is 49.9 Å². The number of alkyl halides is 1. The van der Waals surface area contributed by atoms with E-state index in [1.807, 2.05) is 4.57 Å². The Labute approximate surface area is 133 Å². The first kappa shape index (κ1) is 14.0. The lowest BCUT2D eigenvalue weighted by Crippen LogP contribution is -2.04. The van der Waals surface area contributed by atoms with Crippen LogP contribution in [0.3, 0.4) is 0 Å². The van der Waals surface area contributed by atoms with Gasteiger partial charge in [-0.3, -0.25) is 0 Å². The average molecular weight is 374 g/mol. The molecule has 104 valence electrons. The Morgan fingerprint density at radius 2 is 2.20 bits per heavy atom. The quantitative estimate of drug-likeness (QED) is 0.584. The second-order valence-corrected chi connectivity index (χ2v) is 6.45. The van der Waals surface area contributed by atoms with Gasteiger partial charge in [-0.2, -0.15) is 11.3 Å². The van der Waals surface area contributed by atoms with Crippen LogP contribution in [-0.2, 0) is 12.4 Å². The maximum atomic E-state index is 13.8. The number of hydrogen-bond acceptors (Lipinski definition) is 2. The number of imidazole rings is 1. The SMILES string of the molecule is Cc1cscc1Cn1c(CCl)nc2cc(Br)c(F)cc21. The number of thiophene rings is 1. The van der Waals surface area contributed by atoms with Crippen LogP contribution in [0.1, 0.15) is 17.0 Å². The molecule has 0 saturated carbocycles. The minimum absolute atomic E-state index is 0.290. The molecule has 0 N–H and O–H groups in total. The van der Waals surface area contributed by atoms with Crippen molar-refractivity contribution in [1.29, 1.82) is 0 Å². The molecule has 0 bridgehead atoms. The summed E-state index contributed by atoms with van der Waals surface area (Å²) in [5.41, 5.74) is 3.97. The second-order valence-electron chi connectivity index (χ2n) is 4.58. The van der Waals surface area contributed by atoms with Gasteiger partial charge in [-0.25, -0.2) is 9.37 Å². The van der Waals surface area contributed by atoms with Gasteiger partial charge in [0, 0.05) is 6.07 Å². The van der Waals surface area contributed by atoms with E-state index in [9.17, 15) is 4.39 Å². The number of hydrogen-bond donors (Lipinski definition) is 0. The molecule has 0 amide bonds. The average Bonchev–Trinajstić information content (AvgIpc) is 2.96. The van der Waals surface area contributed by atoms with Gasteiger partial charge in [-0.15, -0.1) is 11.6 Å². The molecule has 2 heterocycles. The molecule has 0 unspecified atom stereocenters. The molecular formula is C14H11BrClFN2S. The van der Waals surface area contributed by atoms with Crippen LogP contribution in [0, 0.1) is 12.7 Å². The molecule has 2 nitrogen and oxygen atoms in total. The maximum absolute atomic E-state index is 13.8. The molecule has 0 aliphatic rings. The molecule has 20 heavy (non-hydrogen) atoms. The number of benzene rings is 1. The number of halogens is 3. The summed E-state index contributed by atoms with van der Waals surface area (Å²) in [6.45, 7) is 2.73. The van der Waals surface area contributed by atoms with E-state index >= 15 is 0 Å². The summed E-state index contributed by atoms with van der Waals surface area (Å²) in [5, 5.41) is 4.21. The number of nitrogens with zero attached hydrogens (tertiary/aromatic N) is 2. The summed E-state index contributed by atoms with van der Waals surface area (Å²) < 4.78 is 16.2. The predicted molar refractivity (Wildman–Crippen MR) is 85.1 cm³/mol. The largest absolute Gasteiger partial charge is 0.322 e. The summed E-state index contributed by atoms with van der Waals surface area (Å²) in [6, 6.07) is 3.20. The van der Waals surface area contributed by atoms with Crippen LogP contribution >= 0.6 is 38.9 Å². The van der Waals surface area contributed by atoms with Gasteiger partial charge in [0.2, 0.25) is 0 Å². The normalized spacial score (nSPS) is 11.4. The molecule has 0 aliphatic heterocycles. The van der Waals surface area contributed by atoms with Crippen LogP contribution in [0.4, 0.5) is 4.39 Å². The molecule has 6 heteroatoms. The van der Waals surface area contributed by atoms with E-state index in [0.717, 1.165) is 16.9 Å². The topological polar surface area (TPSA) is 17.8 Å². The zero-order valence-corrected chi connectivity index (χ0v) is 13.8. The van der Waals surface area contributed by atoms with Crippen molar-refractivity contribution in [3.63, 3.8) is 0 Å². The van der Waals surface area contributed by atoms with Crippen molar-refractivity contribution in [1.82, 2.24) is 9.55 Å². The lowest BCUT2D eigenvalue weighted by molar-refractivity contribution is 0.621. The smallest absolute Gasteiger partial charge is 0.139 e. The van der Waals surface area contributed by atoms with E-state index in [1.54, 1.807) is 17.4 Å². The molecule has 2 aromatic heterocycles. The zero-order chi connectivity index (χ0) is 14.3. The first-order valence-corrected chi connectivity index (χ1v) is 8.29.